The number of piperazine rings is 1. The summed E-state index contributed by atoms with van der Waals surface area (Å²) in [4.78, 5) is 78.4. The van der Waals surface area contributed by atoms with Gasteiger partial charge in [-0.15, -0.1) is 5.11 Å². The zero-order chi connectivity index (χ0) is 44.6. The standard InChI is InChI=1S/C37H46Cl2N22O2/c1-44-28-24(49-26(39)30(51-28)57-43)32(63)53-34(42)47-21-10-14-60(15-11-21)36-54-35(55-37(56-36)61-18-16-58(17-19-61)22-6-4-3-5-7-22)59-12-8-20(9-13-59)46-33(41)52-31(62)23-27(40)50-29(45-2)25(38)48-23/h3-7,20-21,43H,2,8-19H2,1H3,(H2,40,50)(H,44,51)(H3,41,46,52,62)(H3,42,47,53,63). The fraction of sp³-hybridized carbons (Fsp3) is 0.405. The zero-order valence-corrected chi connectivity index (χ0v) is 35.8. The van der Waals surface area contributed by atoms with E-state index in [1.165, 1.54) is 5.69 Å². The number of nitrogens with one attached hydrogen (secondary N) is 4. The van der Waals surface area contributed by atoms with Crippen molar-refractivity contribution in [1.29, 1.82) is 5.53 Å². The summed E-state index contributed by atoms with van der Waals surface area (Å²) >= 11 is 12.1. The number of hydrogen-bond acceptors (Lipinski definition) is 20. The second-order valence-electron chi connectivity index (χ2n) is 14.5. The van der Waals surface area contributed by atoms with Crippen LogP contribution >= 0.6 is 23.2 Å². The van der Waals surface area contributed by atoms with Crippen LogP contribution in [0.15, 0.2) is 50.4 Å². The SMILES string of the molecule is C=Nc1nc(N)c(C(=O)NC(N)=NC2CCN(c3nc(N4CCC(N=C(N)NC(=O)c5nc(Cl)c(N=N)nc5NC)CC4)nc(N4CCN(c5ccccc5)CC4)n3)CC2)nc1Cl. The molecule has 0 radical (unpaired) electrons. The lowest BCUT2D eigenvalue weighted by atomic mass is 10.1. The Morgan fingerprint density at radius 2 is 1.14 bits per heavy atom. The molecule has 0 spiro atoms. The van der Waals surface area contributed by atoms with Crippen molar-refractivity contribution >= 4 is 100 Å². The first-order valence-corrected chi connectivity index (χ1v) is 20.7. The van der Waals surface area contributed by atoms with Crippen LogP contribution in [0.25, 0.3) is 0 Å². The van der Waals surface area contributed by atoms with E-state index in [1.54, 1.807) is 7.05 Å². The molecule has 4 aromatic rings. The van der Waals surface area contributed by atoms with Gasteiger partial charge in [0.25, 0.3) is 11.8 Å². The van der Waals surface area contributed by atoms with Gasteiger partial charge in [0.05, 0.1) is 12.1 Å². The molecule has 6 heterocycles. The van der Waals surface area contributed by atoms with Crippen molar-refractivity contribution in [3.05, 3.63) is 52.0 Å². The number of benzene rings is 1. The Labute approximate surface area is 371 Å². The average molecular weight is 902 g/mol. The van der Waals surface area contributed by atoms with Crippen LogP contribution in [0.3, 0.4) is 0 Å². The van der Waals surface area contributed by atoms with Gasteiger partial charge in [0.15, 0.2) is 51.1 Å². The Morgan fingerprint density at radius 1 is 0.683 bits per heavy atom. The van der Waals surface area contributed by atoms with Crippen molar-refractivity contribution in [1.82, 2.24) is 45.5 Å². The molecule has 0 bridgehead atoms. The van der Waals surface area contributed by atoms with Crippen LogP contribution in [0, 0.1) is 5.53 Å². The van der Waals surface area contributed by atoms with Gasteiger partial charge in [-0.05, 0) is 44.5 Å². The monoisotopic (exact) mass is 900 g/mol. The number of carbonyl (C=O) groups is 2. The number of amides is 2. The molecule has 10 N–H and O–H groups in total. The summed E-state index contributed by atoms with van der Waals surface area (Å²) in [5.41, 5.74) is 26.3. The fourth-order valence-corrected chi connectivity index (χ4v) is 7.62. The van der Waals surface area contributed by atoms with E-state index in [4.69, 9.17) is 60.9 Å². The van der Waals surface area contributed by atoms with Crippen molar-refractivity contribution in [2.75, 3.05) is 90.1 Å². The summed E-state index contributed by atoms with van der Waals surface area (Å²) in [6.07, 6.45) is 2.45. The Hall–Kier alpha value is -7.08. The Balaban J connectivity index is 1.02. The van der Waals surface area contributed by atoms with Crippen LogP contribution in [0.4, 0.5) is 46.8 Å². The van der Waals surface area contributed by atoms with Gasteiger partial charge < -0.3 is 42.1 Å². The maximum atomic E-state index is 13.0. The second kappa shape index (κ2) is 19.7. The number of aliphatic imine (C=N–C) groups is 3. The van der Waals surface area contributed by atoms with Crippen molar-refractivity contribution < 1.29 is 9.59 Å². The van der Waals surface area contributed by atoms with E-state index < -0.39 is 11.8 Å². The van der Waals surface area contributed by atoms with E-state index in [9.17, 15) is 9.59 Å². The molecule has 3 aromatic heterocycles. The first-order chi connectivity index (χ1) is 30.4. The molecule has 24 nitrogen and oxygen atoms in total. The van der Waals surface area contributed by atoms with Crippen LogP contribution in [0.1, 0.15) is 46.7 Å². The van der Waals surface area contributed by atoms with E-state index >= 15 is 0 Å². The van der Waals surface area contributed by atoms with Crippen LogP contribution in [-0.2, 0) is 0 Å². The normalized spacial score (nSPS) is 16.7. The van der Waals surface area contributed by atoms with Gasteiger partial charge in [-0.2, -0.15) is 15.0 Å². The van der Waals surface area contributed by atoms with E-state index in [2.05, 4.69) is 94.4 Å². The van der Waals surface area contributed by atoms with E-state index in [1.807, 2.05) is 18.2 Å². The number of halogens is 2. The van der Waals surface area contributed by atoms with Crippen LogP contribution in [0.2, 0.25) is 10.3 Å². The third kappa shape index (κ3) is 10.5. The minimum Gasteiger partial charge on any atom is -0.382 e. The predicted molar refractivity (Wildman–Crippen MR) is 241 cm³/mol. The van der Waals surface area contributed by atoms with Crippen molar-refractivity contribution in [3.63, 3.8) is 0 Å². The van der Waals surface area contributed by atoms with Gasteiger partial charge in [-0.25, -0.2) is 40.4 Å². The Bertz CT molecular complexity index is 2400. The lowest BCUT2D eigenvalue weighted by Gasteiger charge is -2.37. The van der Waals surface area contributed by atoms with Crippen molar-refractivity contribution in [2.24, 2.45) is 31.6 Å². The summed E-state index contributed by atoms with van der Waals surface area (Å²) in [5, 5.41) is 10.7. The van der Waals surface area contributed by atoms with E-state index in [-0.39, 0.29) is 69.0 Å². The average Bonchev–Trinajstić information content (AvgIpc) is 3.30. The van der Waals surface area contributed by atoms with Crippen LogP contribution in [-0.4, -0.2) is 137 Å². The largest absolute Gasteiger partial charge is 0.382 e. The van der Waals surface area contributed by atoms with E-state index in [0.717, 1.165) is 26.2 Å². The number of nitrogens with two attached hydrogens (primary N) is 3. The number of rotatable bonds is 11. The molecule has 1 aromatic carbocycles. The second-order valence-corrected chi connectivity index (χ2v) is 15.3. The fourth-order valence-electron chi connectivity index (χ4n) is 7.27. The number of hydrogen-bond donors (Lipinski definition) is 7. The molecule has 3 fully saturated rings. The Kier molecular flexibility index (Phi) is 13.8. The molecule has 0 unspecified atom stereocenters. The molecular weight excluding hydrogens is 855 g/mol. The highest BCUT2D eigenvalue weighted by Gasteiger charge is 2.29. The molecule has 0 saturated carbocycles. The zero-order valence-electron chi connectivity index (χ0n) is 34.2. The van der Waals surface area contributed by atoms with Gasteiger partial charge in [-0.3, -0.25) is 20.2 Å². The number of guanidine groups is 2. The molecular formula is C37H46Cl2N22O2. The van der Waals surface area contributed by atoms with Crippen molar-refractivity contribution in [2.45, 2.75) is 37.8 Å². The first kappa shape index (κ1) is 44.0. The molecule has 0 aliphatic carbocycles. The Morgan fingerprint density at radius 3 is 1.63 bits per heavy atom. The highest BCUT2D eigenvalue weighted by molar-refractivity contribution is 6.32. The van der Waals surface area contributed by atoms with Gasteiger partial charge in [0, 0.05) is 65.1 Å². The number of carbonyl (C=O) groups excluding carboxylic acids is 2. The molecule has 63 heavy (non-hydrogen) atoms. The number of anilines is 6. The highest BCUT2D eigenvalue weighted by atomic mass is 35.5. The summed E-state index contributed by atoms with van der Waals surface area (Å²) in [6, 6.07) is 9.93. The predicted octanol–water partition coefficient (Wildman–Crippen LogP) is 2.13. The number of piperidine rings is 2. The smallest absolute Gasteiger partial charge is 0.280 e. The topological polar surface area (TPSA) is 325 Å². The molecule has 26 heteroatoms. The van der Waals surface area contributed by atoms with Crippen molar-refractivity contribution in [3.8, 4) is 0 Å². The number of nitrogen functional groups attached to an aromatic ring is 1. The lowest BCUT2D eigenvalue weighted by molar-refractivity contribution is 0.0963. The summed E-state index contributed by atoms with van der Waals surface area (Å²) in [5.74, 6) is -0.0613. The lowest BCUT2D eigenvalue weighted by Crippen LogP contribution is -2.47. The molecule has 3 aliphatic heterocycles. The number of para-hydroxylation sites is 1. The van der Waals surface area contributed by atoms with Gasteiger partial charge >= 0.3 is 0 Å². The third-order valence-electron chi connectivity index (χ3n) is 10.5. The molecule has 0 atom stereocenters. The van der Waals surface area contributed by atoms with Gasteiger partial charge in [0.1, 0.15) is 0 Å². The summed E-state index contributed by atoms with van der Waals surface area (Å²) < 4.78 is 0. The quantitative estimate of drug-likeness (QED) is 0.0644. The molecule has 3 saturated heterocycles. The summed E-state index contributed by atoms with van der Waals surface area (Å²) in [7, 11) is 1.55. The number of aromatic nitrogens is 7. The highest BCUT2D eigenvalue weighted by Crippen LogP contribution is 2.28. The van der Waals surface area contributed by atoms with Gasteiger partial charge in [0.2, 0.25) is 23.7 Å². The molecule has 7 rings (SSSR count). The maximum absolute atomic E-state index is 13.0. The van der Waals surface area contributed by atoms with Crippen LogP contribution in [0.5, 0.6) is 0 Å². The minimum atomic E-state index is -0.707. The first-order valence-electron chi connectivity index (χ1n) is 20.0. The number of nitrogens with zero attached hydrogens (tertiary/aromatic N) is 15. The third-order valence-corrected chi connectivity index (χ3v) is 11.0. The van der Waals surface area contributed by atoms with Crippen LogP contribution < -0.4 is 52.8 Å². The molecule has 330 valence electrons. The van der Waals surface area contributed by atoms with Gasteiger partial charge in [-0.1, -0.05) is 41.4 Å². The minimum absolute atomic E-state index is 0.0110. The summed E-state index contributed by atoms with van der Waals surface area (Å²) in [6.45, 7) is 8.69. The van der Waals surface area contributed by atoms with E-state index in [0.29, 0.717) is 69.7 Å². The maximum Gasteiger partial charge on any atom is 0.280 e. The molecule has 3 aliphatic rings. The molecule has 2 amide bonds.